The van der Waals surface area contributed by atoms with Gasteiger partial charge in [-0.3, -0.25) is 4.98 Å². The minimum absolute atomic E-state index is 0. The first-order valence-corrected chi connectivity index (χ1v) is 26.7. The Labute approximate surface area is 365 Å². The van der Waals surface area contributed by atoms with E-state index < -0.39 is 20.1 Å². The van der Waals surface area contributed by atoms with E-state index in [1.54, 1.807) is 12.1 Å². The Morgan fingerprint density at radius 2 is 1.39 bits per heavy atom. The minimum Gasteiger partial charge on any atom is 0 e. The molecule has 7 heteroatoms. The standard InChI is InChI=1S/C37H24N3O.C15H18GeN.Ir/c1-24-22-23-30-29-18-11-19-31(35(29)41-37(30)38-24)36-39-32-20-8-9-21-33(32)40(36)34-27(25-12-4-2-5-13-25)16-10-17-28(34)26-14-6-3-7-15-26;1-12-5-7-13(8-6-12)15-10-9-14(11-17-15)16(2,3)4;/h2-18,20-23H,1H3;5-7,9-11H,1-4H3;/q2*-1;/i;1D3;. The monoisotopic (exact) mass is 1010 g/mol. The normalized spacial score (nSPS) is 12.3. The van der Waals surface area contributed by atoms with Gasteiger partial charge in [-0.2, -0.15) is 0 Å². The Morgan fingerprint density at radius 3 is 2.03 bits per heavy atom. The van der Waals surface area contributed by atoms with Crippen LogP contribution in [-0.2, 0) is 20.1 Å². The number of fused-ring (bicyclic) bond motifs is 4. The molecule has 0 saturated carbocycles. The van der Waals surface area contributed by atoms with Crippen LogP contribution in [0.3, 0.4) is 0 Å². The molecular formula is C52H42GeIrN4O-2. The number of benzene rings is 6. The molecule has 0 spiro atoms. The van der Waals surface area contributed by atoms with Crippen molar-refractivity contribution in [2.24, 2.45) is 0 Å². The summed E-state index contributed by atoms with van der Waals surface area (Å²) in [6.07, 6.45) is 1.95. The van der Waals surface area contributed by atoms with Crippen LogP contribution < -0.4 is 4.40 Å². The maximum absolute atomic E-state index is 7.35. The molecule has 0 amide bonds. The maximum Gasteiger partial charge on any atom is 0 e. The van der Waals surface area contributed by atoms with Gasteiger partial charge in [0, 0.05) is 42.3 Å². The molecule has 0 bridgehead atoms. The summed E-state index contributed by atoms with van der Waals surface area (Å²) in [6, 6.07) is 59.5. The van der Waals surface area contributed by atoms with Crippen LogP contribution in [0.25, 0.3) is 83.7 Å². The van der Waals surface area contributed by atoms with Crippen molar-refractivity contribution in [1.82, 2.24) is 19.5 Å². The average Bonchev–Trinajstić information content (AvgIpc) is 3.85. The quantitative estimate of drug-likeness (QED) is 0.123. The fourth-order valence-electron chi connectivity index (χ4n) is 7.37. The van der Waals surface area contributed by atoms with Crippen LogP contribution in [0.5, 0.6) is 0 Å². The molecule has 4 aromatic heterocycles. The van der Waals surface area contributed by atoms with E-state index in [0.29, 0.717) is 11.3 Å². The average molecular weight is 1010 g/mol. The van der Waals surface area contributed by atoms with Crippen LogP contribution >= 0.6 is 0 Å². The van der Waals surface area contributed by atoms with Crippen molar-refractivity contribution in [2.45, 2.75) is 31.0 Å². The van der Waals surface area contributed by atoms with Gasteiger partial charge in [0.1, 0.15) is 0 Å². The smallest absolute Gasteiger partial charge is 0 e. The second-order valence-electron chi connectivity index (χ2n) is 15.4. The van der Waals surface area contributed by atoms with E-state index in [1.807, 2.05) is 43.5 Å². The fraction of sp³-hybridized carbons (Fsp3) is 0.0962. The summed E-state index contributed by atoms with van der Waals surface area (Å²) in [5.74, 6) is 7.75. The van der Waals surface area contributed by atoms with Gasteiger partial charge in [0.05, 0.1) is 28.1 Å². The molecular weight excluding hydrogens is 961 g/mol. The number of hydrogen-bond acceptors (Lipinski definition) is 4. The van der Waals surface area contributed by atoms with Gasteiger partial charge in [0.2, 0.25) is 5.71 Å². The van der Waals surface area contributed by atoms with Gasteiger partial charge < -0.3 is 8.98 Å². The Morgan fingerprint density at radius 1 is 0.678 bits per heavy atom. The van der Waals surface area contributed by atoms with E-state index >= 15 is 0 Å². The van der Waals surface area contributed by atoms with Crippen LogP contribution in [-0.4, -0.2) is 32.8 Å². The summed E-state index contributed by atoms with van der Waals surface area (Å²) in [5, 5.41) is 1.98. The topological polar surface area (TPSA) is 56.7 Å². The molecule has 0 aliphatic heterocycles. The maximum atomic E-state index is 7.35. The molecule has 0 fully saturated rings. The molecule has 1 radical (unpaired) electrons. The van der Waals surface area contributed by atoms with Crippen molar-refractivity contribution in [3.05, 3.63) is 187 Å². The number of imidazole rings is 1. The minimum atomic E-state index is -2.08. The summed E-state index contributed by atoms with van der Waals surface area (Å²) in [4.78, 5) is 14.4. The molecule has 0 aliphatic rings. The molecule has 10 aromatic rings. The Kier molecular flexibility index (Phi) is 10.3. The zero-order chi connectivity index (χ0) is 42.3. The molecule has 10 rings (SSSR count). The first-order chi connectivity index (χ1) is 29.4. The molecule has 4 heterocycles. The third-order valence-electron chi connectivity index (χ3n) is 10.4. The summed E-state index contributed by atoms with van der Waals surface area (Å²) in [6.45, 7) is -0.100. The first kappa shape index (κ1) is 36.2. The number of aryl methyl sites for hydroxylation is 2. The summed E-state index contributed by atoms with van der Waals surface area (Å²) in [5.41, 5.74) is 12.5. The zero-order valence-corrected chi connectivity index (χ0v) is 37.6. The molecule has 0 aliphatic carbocycles. The molecule has 0 unspecified atom stereocenters. The van der Waals surface area contributed by atoms with Gasteiger partial charge in [0.15, 0.2) is 0 Å². The van der Waals surface area contributed by atoms with Crippen molar-refractivity contribution >= 4 is 50.8 Å². The van der Waals surface area contributed by atoms with E-state index in [4.69, 9.17) is 13.5 Å². The van der Waals surface area contributed by atoms with E-state index in [9.17, 15) is 0 Å². The number of furan rings is 1. The third kappa shape index (κ3) is 7.96. The van der Waals surface area contributed by atoms with Gasteiger partial charge >= 0.3 is 110 Å². The van der Waals surface area contributed by atoms with Gasteiger partial charge in [-0.25, -0.2) is 4.98 Å². The van der Waals surface area contributed by atoms with Crippen LogP contribution in [0.4, 0.5) is 0 Å². The fourth-order valence-corrected chi connectivity index (χ4v) is 9.54. The van der Waals surface area contributed by atoms with Crippen LogP contribution in [0.2, 0.25) is 17.3 Å². The Balaban J connectivity index is 0.000000214. The molecule has 59 heavy (non-hydrogen) atoms. The number of aromatic nitrogens is 4. The summed E-state index contributed by atoms with van der Waals surface area (Å²) >= 11 is -1.83. The Hall–Kier alpha value is -5.92. The van der Waals surface area contributed by atoms with Crippen LogP contribution in [0.15, 0.2) is 168 Å². The second-order valence-corrected chi connectivity index (χ2v) is 26.0. The molecule has 5 nitrogen and oxygen atoms in total. The van der Waals surface area contributed by atoms with E-state index in [1.165, 1.54) is 10.5 Å². The summed E-state index contributed by atoms with van der Waals surface area (Å²) in [7, 11) is 0. The van der Waals surface area contributed by atoms with Crippen molar-refractivity contribution in [3.63, 3.8) is 0 Å². The van der Waals surface area contributed by atoms with Crippen molar-refractivity contribution < 1.29 is 28.6 Å². The van der Waals surface area contributed by atoms with Crippen molar-refractivity contribution in [3.8, 4) is 50.6 Å². The molecule has 291 valence electrons. The molecule has 0 N–H and O–H groups in total. The molecule has 6 aromatic carbocycles. The molecule has 0 atom stereocenters. The molecule has 0 saturated heterocycles. The Bertz CT molecular complexity index is 3050. The van der Waals surface area contributed by atoms with Crippen LogP contribution in [0.1, 0.15) is 15.4 Å². The number of pyridine rings is 2. The number of rotatable bonds is 6. The van der Waals surface area contributed by atoms with Gasteiger partial charge in [-0.05, 0) is 42.3 Å². The predicted octanol–water partition coefficient (Wildman–Crippen LogP) is 12.8. The van der Waals surface area contributed by atoms with E-state index in [-0.39, 0.29) is 20.1 Å². The third-order valence-corrected chi connectivity index (χ3v) is 14.6. The van der Waals surface area contributed by atoms with Crippen LogP contribution in [0, 0.1) is 25.9 Å². The first-order valence-electron chi connectivity index (χ1n) is 20.9. The second kappa shape index (κ2) is 16.7. The van der Waals surface area contributed by atoms with E-state index in [2.05, 4.69) is 153 Å². The van der Waals surface area contributed by atoms with E-state index in [0.717, 1.165) is 83.7 Å². The predicted molar refractivity (Wildman–Crippen MR) is 242 cm³/mol. The van der Waals surface area contributed by atoms with Gasteiger partial charge in [0.25, 0.3) is 0 Å². The number of nitrogens with zero attached hydrogens (tertiary/aromatic N) is 4. The van der Waals surface area contributed by atoms with Gasteiger partial charge in [-0.1, -0.05) is 102 Å². The SMILES string of the molecule is Cc1ccc2c(n1)oc1c(-c3nc4ccccc4n3-c3c(-c4ccccc4)cccc3-c3ccccc3)[c-]ccc12.[2H]C([2H])([2H])c1c[c-]c(-c2cc[c]([Ge]([CH3])([CH3])[CH3])cn2)cc1.[Ir]. The van der Waals surface area contributed by atoms with Crippen molar-refractivity contribution in [2.75, 3.05) is 0 Å². The summed E-state index contributed by atoms with van der Waals surface area (Å²) < 4.78 is 32.1. The number of para-hydroxylation sites is 3. The number of hydrogen-bond donors (Lipinski definition) is 0. The zero-order valence-electron chi connectivity index (χ0n) is 36.1. The largest absolute Gasteiger partial charge is 0 e. The van der Waals surface area contributed by atoms with Crippen molar-refractivity contribution in [1.29, 1.82) is 0 Å². The van der Waals surface area contributed by atoms with Gasteiger partial charge in [-0.15, -0.1) is 18.2 Å².